The normalized spacial score (nSPS) is 14.7. The maximum absolute atomic E-state index is 12.2. The minimum Gasteiger partial charge on any atom is -0.352 e. The maximum Gasteiger partial charge on any atom is 0.253 e. The van der Waals surface area contributed by atoms with E-state index in [1.807, 2.05) is 4.90 Å². The summed E-state index contributed by atoms with van der Waals surface area (Å²) in [4.78, 5) is 25.9. The second-order valence-corrected chi connectivity index (χ2v) is 5.68. The van der Waals surface area contributed by atoms with Crippen molar-refractivity contribution in [2.45, 2.75) is 26.7 Å². The number of hydrogen-bond donors (Lipinski definition) is 1. The molecule has 0 unspecified atom stereocenters. The first-order chi connectivity index (χ1) is 9.58. The van der Waals surface area contributed by atoms with E-state index in [4.69, 9.17) is 0 Å². The van der Waals surface area contributed by atoms with Crippen molar-refractivity contribution in [1.82, 2.24) is 10.2 Å². The van der Waals surface area contributed by atoms with E-state index in [0.717, 1.165) is 25.9 Å². The molecule has 1 aliphatic rings. The molecule has 1 aromatic rings. The molecule has 108 valence electrons. The average molecular weight is 274 g/mol. The van der Waals surface area contributed by atoms with Gasteiger partial charge in [0.1, 0.15) is 0 Å². The topological polar surface area (TPSA) is 49.4 Å². The van der Waals surface area contributed by atoms with Gasteiger partial charge >= 0.3 is 0 Å². The van der Waals surface area contributed by atoms with Crippen molar-refractivity contribution < 1.29 is 9.59 Å². The molecule has 1 saturated heterocycles. The molecule has 2 rings (SSSR count). The molecule has 0 bridgehead atoms. The fourth-order valence-corrected chi connectivity index (χ4v) is 2.27. The van der Waals surface area contributed by atoms with Crippen LogP contribution in [0.15, 0.2) is 24.3 Å². The van der Waals surface area contributed by atoms with Gasteiger partial charge in [0.05, 0.1) is 0 Å². The van der Waals surface area contributed by atoms with Crippen LogP contribution in [0.5, 0.6) is 0 Å². The molecule has 1 N–H and O–H groups in total. The minimum absolute atomic E-state index is 0.0663. The van der Waals surface area contributed by atoms with Gasteiger partial charge in [-0.1, -0.05) is 13.8 Å². The number of likely N-dealkylation sites (tertiary alicyclic amines) is 1. The Balaban J connectivity index is 1.98. The molecule has 4 nitrogen and oxygen atoms in total. The number of rotatable bonds is 4. The summed E-state index contributed by atoms with van der Waals surface area (Å²) in [6, 6.07) is 6.92. The van der Waals surface area contributed by atoms with Crippen molar-refractivity contribution in [3.05, 3.63) is 35.4 Å². The van der Waals surface area contributed by atoms with E-state index in [2.05, 4.69) is 19.2 Å². The highest BCUT2D eigenvalue weighted by molar-refractivity contribution is 5.97. The highest BCUT2D eigenvalue weighted by Crippen LogP contribution is 2.13. The summed E-state index contributed by atoms with van der Waals surface area (Å²) in [7, 11) is 0. The Hall–Kier alpha value is -1.84. The number of benzene rings is 1. The lowest BCUT2D eigenvalue weighted by Crippen LogP contribution is -2.28. The Morgan fingerprint density at radius 1 is 1.10 bits per heavy atom. The molecular weight excluding hydrogens is 252 g/mol. The van der Waals surface area contributed by atoms with Gasteiger partial charge in [0.15, 0.2) is 0 Å². The fourth-order valence-electron chi connectivity index (χ4n) is 2.27. The SMILES string of the molecule is CC(C)CNC(=O)c1ccc(C(=O)N2CCCC2)cc1. The van der Waals surface area contributed by atoms with Crippen molar-refractivity contribution in [3.8, 4) is 0 Å². The molecule has 1 aromatic carbocycles. The van der Waals surface area contributed by atoms with Gasteiger partial charge in [-0.2, -0.15) is 0 Å². The Morgan fingerprint density at radius 2 is 1.65 bits per heavy atom. The molecule has 0 saturated carbocycles. The van der Waals surface area contributed by atoms with Crippen LogP contribution in [0.1, 0.15) is 47.4 Å². The number of hydrogen-bond acceptors (Lipinski definition) is 2. The third-order valence-electron chi connectivity index (χ3n) is 3.46. The highest BCUT2D eigenvalue weighted by Gasteiger charge is 2.19. The van der Waals surface area contributed by atoms with Crippen LogP contribution in [0.4, 0.5) is 0 Å². The molecule has 2 amide bonds. The average Bonchev–Trinajstić information content (AvgIpc) is 2.98. The van der Waals surface area contributed by atoms with Crippen molar-refractivity contribution in [1.29, 1.82) is 0 Å². The van der Waals surface area contributed by atoms with E-state index in [0.29, 0.717) is 23.6 Å². The minimum atomic E-state index is -0.0844. The van der Waals surface area contributed by atoms with Gasteiger partial charge in [0.25, 0.3) is 11.8 Å². The van der Waals surface area contributed by atoms with E-state index in [-0.39, 0.29) is 11.8 Å². The molecule has 0 radical (unpaired) electrons. The molecule has 0 atom stereocenters. The van der Waals surface area contributed by atoms with Gasteiger partial charge in [0.2, 0.25) is 0 Å². The van der Waals surface area contributed by atoms with Crippen molar-refractivity contribution in [3.63, 3.8) is 0 Å². The smallest absolute Gasteiger partial charge is 0.253 e. The van der Waals surface area contributed by atoms with Crippen LogP contribution in [0.3, 0.4) is 0 Å². The van der Waals surface area contributed by atoms with Gasteiger partial charge in [0, 0.05) is 30.8 Å². The van der Waals surface area contributed by atoms with Gasteiger partial charge < -0.3 is 10.2 Å². The van der Waals surface area contributed by atoms with E-state index in [1.54, 1.807) is 24.3 Å². The largest absolute Gasteiger partial charge is 0.352 e. The second kappa shape index (κ2) is 6.55. The molecule has 0 spiro atoms. The Bertz CT molecular complexity index is 474. The first kappa shape index (κ1) is 14.6. The summed E-state index contributed by atoms with van der Waals surface area (Å²) in [5.74, 6) is 0.408. The van der Waals surface area contributed by atoms with E-state index < -0.39 is 0 Å². The van der Waals surface area contributed by atoms with E-state index in [9.17, 15) is 9.59 Å². The monoisotopic (exact) mass is 274 g/mol. The zero-order chi connectivity index (χ0) is 14.5. The lowest BCUT2D eigenvalue weighted by Gasteiger charge is -2.15. The number of carbonyl (C=O) groups excluding carboxylic acids is 2. The summed E-state index contributed by atoms with van der Waals surface area (Å²) in [6.07, 6.45) is 2.17. The standard InChI is InChI=1S/C16H22N2O2/c1-12(2)11-17-15(19)13-5-7-14(8-6-13)16(20)18-9-3-4-10-18/h5-8,12H,3-4,9-11H2,1-2H3,(H,17,19). The van der Waals surface area contributed by atoms with Crippen molar-refractivity contribution >= 4 is 11.8 Å². The summed E-state index contributed by atoms with van der Waals surface area (Å²) in [5.41, 5.74) is 1.26. The molecule has 0 aliphatic carbocycles. The maximum atomic E-state index is 12.2. The summed E-state index contributed by atoms with van der Waals surface area (Å²) < 4.78 is 0. The van der Waals surface area contributed by atoms with Crippen molar-refractivity contribution in [2.75, 3.05) is 19.6 Å². The van der Waals surface area contributed by atoms with Gasteiger partial charge in [-0.3, -0.25) is 9.59 Å². The molecule has 4 heteroatoms. The Labute approximate surface area is 120 Å². The molecular formula is C16H22N2O2. The van der Waals surface area contributed by atoms with E-state index >= 15 is 0 Å². The molecule has 1 aliphatic heterocycles. The second-order valence-electron chi connectivity index (χ2n) is 5.68. The van der Waals surface area contributed by atoms with Gasteiger partial charge in [-0.25, -0.2) is 0 Å². The first-order valence-electron chi connectivity index (χ1n) is 7.25. The van der Waals surface area contributed by atoms with E-state index in [1.165, 1.54) is 0 Å². The van der Waals surface area contributed by atoms with Crippen LogP contribution in [0.25, 0.3) is 0 Å². The van der Waals surface area contributed by atoms with Crippen LogP contribution >= 0.6 is 0 Å². The third kappa shape index (κ3) is 3.59. The van der Waals surface area contributed by atoms with Crippen LogP contribution in [-0.2, 0) is 0 Å². The summed E-state index contributed by atoms with van der Waals surface area (Å²) in [5, 5.41) is 2.87. The van der Waals surface area contributed by atoms with Gasteiger partial charge in [-0.15, -0.1) is 0 Å². The fraction of sp³-hybridized carbons (Fsp3) is 0.500. The molecule has 1 fully saturated rings. The Morgan fingerprint density at radius 3 is 2.20 bits per heavy atom. The van der Waals surface area contributed by atoms with Crippen molar-refractivity contribution in [2.24, 2.45) is 5.92 Å². The molecule has 0 aromatic heterocycles. The lowest BCUT2D eigenvalue weighted by molar-refractivity contribution is 0.0792. The summed E-state index contributed by atoms with van der Waals surface area (Å²) >= 11 is 0. The number of carbonyl (C=O) groups is 2. The van der Waals surface area contributed by atoms with Gasteiger partial charge in [-0.05, 0) is 43.0 Å². The van der Waals surface area contributed by atoms with Crippen LogP contribution in [0.2, 0.25) is 0 Å². The van der Waals surface area contributed by atoms with Crippen LogP contribution < -0.4 is 5.32 Å². The zero-order valence-corrected chi connectivity index (χ0v) is 12.2. The Kier molecular flexibility index (Phi) is 4.77. The summed E-state index contributed by atoms with van der Waals surface area (Å²) in [6.45, 7) is 6.45. The quantitative estimate of drug-likeness (QED) is 0.916. The number of nitrogens with one attached hydrogen (secondary N) is 1. The third-order valence-corrected chi connectivity index (χ3v) is 3.46. The zero-order valence-electron chi connectivity index (χ0n) is 12.2. The first-order valence-corrected chi connectivity index (χ1v) is 7.25. The number of amides is 2. The lowest BCUT2D eigenvalue weighted by atomic mass is 10.1. The molecule has 20 heavy (non-hydrogen) atoms. The van der Waals surface area contributed by atoms with Crippen LogP contribution in [-0.4, -0.2) is 36.3 Å². The van der Waals surface area contributed by atoms with Crippen LogP contribution in [0, 0.1) is 5.92 Å². The predicted octanol–water partition coefficient (Wildman–Crippen LogP) is 2.31. The predicted molar refractivity (Wildman–Crippen MR) is 78.8 cm³/mol. The molecule has 1 heterocycles. The number of nitrogens with zero attached hydrogens (tertiary/aromatic N) is 1. The highest BCUT2D eigenvalue weighted by atomic mass is 16.2.